The number of β-amino-alcohol motifs (C(OH)–C–C–N with tert-alkyl or cyclic N) is 1. The number of rotatable bonds is 5. The molecule has 0 spiro atoms. The smallest absolute Gasteiger partial charge is 0.231 e. The zero-order valence-corrected chi connectivity index (χ0v) is 17.2. The monoisotopic (exact) mass is 419 g/mol. The largest absolute Gasteiger partial charge is 0.507 e. The number of allylic oxidation sites excluding steroid dienone is 1. The van der Waals surface area contributed by atoms with Gasteiger partial charge in [-0.15, -0.1) is 0 Å². The van der Waals surface area contributed by atoms with Crippen LogP contribution in [-0.4, -0.2) is 70.1 Å². The summed E-state index contributed by atoms with van der Waals surface area (Å²) in [6, 6.07) is 11.1. The van der Waals surface area contributed by atoms with Gasteiger partial charge < -0.3 is 19.9 Å². The maximum atomic E-state index is 13.0. The van der Waals surface area contributed by atoms with E-state index < -0.39 is 0 Å². The van der Waals surface area contributed by atoms with E-state index >= 15 is 0 Å². The van der Waals surface area contributed by atoms with Crippen LogP contribution in [0.1, 0.15) is 21.5 Å². The van der Waals surface area contributed by atoms with E-state index in [0.717, 1.165) is 42.6 Å². The number of aliphatic hydroxyl groups is 1. The SMILES string of the molecule is O=C1/C(=C\c2c[nH]c3ccccc23)Oc2c1ccc(O)c2CN1CCN(CCO)CC1. The van der Waals surface area contributed by atoms with Crippen molar-refractivity contribution >= 4 is 22.8 Å². The van der Waals surface area contributed by atoms with Gasteiger partial charge in [-0.3, -0.25) is 14.6 Å². The Labute approximate surface area is 180 Å². The quantitative estimate of drug-likeness (QED) is 0.551. The first-order chi connectivity index (χ1) is 15.1. The number of para-hydroxylation sites is 1. The summed E-state index contributed by atoms with van der Waals surface area (Å²) in [6.07, 6.45) is 3.62. The molecule has 1 fully saturated rings. The van der Waals surface area contributed by atoms with Crippen molar-refractivity contribution < 1.29 is 19.7 Å². The molecule has 0 saturated carbocycles. The number of phenolic OH excluding ortho intramolecular Hbond substituents is 1. The number of hydrogen-bond donors (Lipinski definition) is 3. The molecule has 7 nitrogen and oxygen atoms in total. The number of hydrogen-bond acceptors (Lipinski definition) is 6. The summed E-state index contributed by atoms with van der Waals surface area (Å²) in [5.41, 5.74) is 3.01. The maximum absolute atomic E-state index is 13.0. The third-order valence-corrected chi connectivity index (χ3v) is 6.09. The Balaban J connectivity index is 1.40. The second kappa shape index (κ2) is 8.19. The number of benzene rings is 2. The number of carbonyl (C=O) groups excluding carboxylic acids is 1. The summed E-state index contributed by atoms with van der Waals surface area (Å²) in [6.45, 7) is 4.73. The fourth-order valence-electron chi connectivity index (χ4n) is 4.34. The van der Waals surface area contributed by atoms with E-state index in [1.807, 2.05) is 30.5 Å². The molecule has 0 bridgehead atoms. The number of ether oxygens (including phenoxy) is 1. The highest BCUT2D eigenvalue weighted by Gasteiger charge is 2.32. The number of nitrogens with one attached hydrogen (secondary N) is 1. The normalized spacial score (nSPS) is 18.6. The van der Waals surface area contributed by atoms with Gasteiger partial charge in [0, 0.05) is 61.9 Å². The van der Waals surface area contributed by atoms with Crippen molar-refractivity contribution in [1.29, 1.82) is 0 Å². The molecular weight excluding hydrogens is 394 g/mol. The van der Waals surface area contributed by atoms with Gasteiger partial charge in [0.25, 0.3) is 0 Å². The molecule has 1 aromatic heterocycles. The van der Waals surface area contributed by atoms with E-state index in [9.17, 15) is 9.90 Å². The Morgan fingerprint density at radius 2 is 1.84 bits per heavy atom. The van der Waals surface area contributed by atoms with Gasteiger partial charge in [0.05, 0.1) is 17.7 Å². The van der Waals surface area contributed by atoms with E-state index in [1.54, 1.807) is 18.2 Å². The molecule has 1 saturated heterocycles. The molecule has 3 heterocycles. The summed E-state index contributed by atoms with van der Waals surface area (Å²) in [7, 11) is 0. The van der Waals surface area contributed by atoms with Gasteiger partial charge in [-0.2, -0.15) is 0 Å². The van der Waals surface area contributed by atoms with Crippen LogP contribution in [0.5, 0.6) is 11.5 Å². The highest BCUT2D eigenvalue weighted by Crippen LogP contribution is 2.40. The van der Waals surface area contributed by atoms with Crippen molar-refractivity contribution in [2.45, 2.75) is 6.54 Å². The second-order valence-corrected chi connectivity index (χ2v) is 8.01. The van der Waals surface area contributed by atoms with Crippen LogP contribution >= 0.6 is 0 Å². The Kier molecular flexibility index (Phi) is 5.23. The number of piperazine rings is 1. The van der Waals surface area contributed by atoms with Crippen LogP contribution in [0.15, 0.2) is 48.4 Å². The minimum atomic E-state index is -0.172. The molecule has 160 valence electrons. The lowest BCUT2D eigenvalue weighted by molar-refractivity contribution is 0.101. The number of H-pyrrole nitrogens is 1. The van der Waals surface area contributed by atoms with Crippen molar-refractivity contribution in [1.82, 2.24) is 14.8 Å². The average molecular weight is 419 g/mol. The number of aromatic hydroxyl groups is 1. The van der Waals surface area contributed by atoms with E-state index in [-0.39, 0.29) is 23.9 Å². The molecule has 31 heavy (non-hydrogen) atoms. The Morgan fingerprint density at radius 3 is 2.65 bits per heavy atom. The summed E-state index contributed by atoms with van der Waals surface area (Å²) in [5, 5.41) is 20.7. The first-order valence-corrected chi connectivity index (χ1v) is 10.5. The molecule has 3 N–H and O–H groups in total. The van der Waals surface area contributed by atoms with Gasteiger partial charge in [0.15, 0.2) is 5.76 Å². The molecule has 0 atom stereocenters. The Bertz CT molecular complexity index is 1160. The minimum Gasteiger partial charge on any atom is -0.507 e. The lowest BCUT2D eigenvalue weighted by atomic mass is 10.0. The predicted molar refractivity (Wildman–Crippen MR) is 118 cm³/mol. The van der Waals surface area contributed by atoms with Gasteiger partial charge >= 0.3 is 0 Å². The van der Waals surface area contributed by atoms with Gasteiger partial charge in [-0.25, -0.2) is 0 Å². The van der Waals surface area contributed by atoms with Crippen molar-refractivity contribution in [3.8, 4) is 11.5 Å². The number of aliphatic hydroxyl groups excluding tert-OH is 1. The van der Waals surface area contributed by atoms with Crippen molar-refractivity contribution in [2.75, 3.05) is 39.3 Å². The molecule has 7 heteroatoms. The number of fused-ring (bicyclic) bond motifs is 2. The lowest BCUT2D eigenvalue weighted by Gasteiger charge is -2.34. The van der Waals surface area contributed by atoms with Crippen molar-refractivity contribution in [2.24, 2.45) is 0 Å². The van der Waals surface area contributed by atoms with Crippen molar-refractivity contribution in [3.05, 3.63) is 65.0 Å². The molecule has 5 rings (SSSR count). The number of nitrogens with zero attached hydrogens (tertiary/aromatic N) is 2. The molecule has 0 radical (unpaired) electrons. The molecule has 2 aliphatic heterocycles. The minimum absolute atomic E-state index is 0.137. The fraction of sp³-hybridized carbons (Fsp3) is 0.292. The number of aromatic amines is 1. The number of Topliss-reactive ketones (excluding diaryl/α,β-unsaturated/α-hetero) is 1. The summed E-state index contributed by atoms with van der Waals surface area (Å²) >= 11 is 0. The molecule has 0 aliphatic carbocycles. The van der Waals surface area contributed by atoms with Crippen LogP contribution in [0.25, 0.3) is 17.0 Å². The Morgan fingerprint density at radius 1 is 1.06 bits per heavy atom. The summed E-state index contributed by atoms with van der Waals surface area (Å²) in [5.74, 6) is 0.681. The molecular formula is C24H25N3O4. The van der Waals surface area contributed by atoms with Gasteiger partial charge in [-0.05, 0) is 24.3 Å². The topological polar surface area (TPSA) is 89.0 Å². The van der Waals surface area contributed by atoms with Crippen molar-refractivity contribution in [3.63, 3.8) is 0 Å². The highest BCUT2D eigenvalue weighted by molar-refractivity contribution is 6.15. The van der Waals surface area contributed by atoms with Crippen LogP contribution in [0.2, 0.25) is 0 Å². The second-order valence-electron chi connectivity index (χ2n) is 8.01. The summed E-state index contributed by atoms with van der Waals surface area (Å²) < 4.78 is 6.02. The third kappa shape index (κ3) is 3.72. The zero-order valence-electron chi connectivity index (χ0n) is 17.2. The molecule has 0 unspecified atom stereocenters. The van der Waals surface area contributed by atoms with E-state index in [0.29, 0.717) is 30.0 Å². The molecule has 3 aromatic rings. The average Bonchev–Trinajstić information content (AvgIpc) is 3.33. The standard InChI is InChI=1S/C24H25N3O4/c28-12-11-26-7-9-27(10-8-26)15-19-21(29)6-5-18-23(30)22(31-24(18)19)13-16-14-25-20-4-2-1-3-17(16)20/h1-6,13-14,25,28-29H,7-12,15H2/b22-13+. The first-order valence-electron chi connectivity index (χ1n) is 10.5. The molecule has 0 amide bonds. The number of carbonyl (C=O) groups is 1. The van der Waals surface area contributed by atoms with E-state index in [2.05, 4.69) is 14.8 Å². The van der Waals surface area contributed by atoms with Gasteiger partial charge in [0.1, 0.15) is 11.5 Å². The lowest BCUT2D eigenvalue weighted by Crippen LogP contribution is -2.46. The van der Waals surface area contributed by atoms with Gasteiger partial charge in [0.2, 0.25) is 5.78 Å². The Hall–Kier alpha value is -3.13. The number of aromatic nitrogens is 1. The zero-order chi connectivity index (χ0) is 21.4. The summed E-state index contributed by atoms with van der Waals surface area (Å²) in [4.78, 5) is 20.7. The fourth-order valence-corrected chi connectivity index (χ4v) is 4.34. The van der Waals surface area contributed by atoms with E-state index in [1.165, 1.54) is 0 Å². The number of phenols is 1. The van der Waals surface area contributed by atoms with Crippen LogP contribution in [0.4, 0.5) is 0 Å². The van der Waals surface area contributed by atoms with E-state index in [4.69, 9.17) is 9.84 Å². The van der Waals surface area contributed by atoms with Crippen LogP contribution < -0.4 is 4.74 Å². The maximum Gasteiger partial charge on any atom is 0.231 e. The predicted octanol–water partition coefficient (Wildman–Crippen LogP) is 2.60. The number of ketones is 1. The molecule has 2 aliphatic rings. The highest BCUT2D eigenvalue weighted by atomic mass is 16.5. The van der Waals surface area contributed by atoms with Crippen LogP contribution in [0, 0.1) is 0 Å². The molecule has 2 aromatic carbocycles. The first kappa shape index (κ1) is 19.8. The van der Waals surface area contributed by atoms with Gasteiger partial charge in [-0.1, -0.05) is 18.2 Å². The van der Waals surface area contributed by atoms with Crippen LogP contribution in [-0.2, 0) is 6.54 Å². The van der Waals surface area contributed by atoms with Crippen LogP contribution in [0.3, 0.4) is 0 Å². The third-order valence-electron chi connectivity index (χ3n) is 6.09.